The first-order chi connectivity index (χ1) is 9.92. The average molecular weight is 345 g/mol. The van der Waals surface area contributed by atoms with Crippen LogP contribution >= 0.6 is 35.0 Å². The van der Waals surface area contributed by atoms with Crippen LogP contribution in [0.5, 0.6) is 0 Å². The second-order valence-corrected chi connectivity index (χ2v) is 6.65. The SMILES string of the molecule is CCc1cc(C)nc(SCc2c(Cl)nc(Cl)n2C(C)C)n1. The quantitative estimate of drug-likeness (QED) is 0.581. The number of aromatic nitrogens is 4. The van der Waals surface area contributed by atoms with Gasteiger partial charge >= 0.3 is 0 Å². The Labute approximate surface area is 139 Å². The van der Waals surface area contributed by atoms with Crippen molar-refractivity contribution in [3.8, 4) is 0 Å². The summed E-state index contributed by atoms with van der Waals surface area (Å²) in [6.45, 7) is 8.17. The van der Waals surface area contributed by atoms with Gasteiger partial charge in [-0.25, -0.2) is 15.0 Å². The van der Waals surface area contributed by atoms with E-state index < -0.39 is 0 Å². The molecule has 0 unspecified atom stereocenters. The molecule has 0 aliphatic heterocycles. The van der Waals surface area contributed by atoms with Crippen molar-refractivity contribution in [2.75, 3.05) is 0 Å². The predicted molar refractivity (Wildman–Crippen MR) is 88.3 cm³/mol. The van der Waals surface area contributed by atoms with Crippen LogP contribution in [-0.4, -0.2) is 19.5 Å². The van der Waals surface area contributed by atoms with E-state index in [1.165, 1.54) is 0 Å². The lowest BCUT2D eigenvalue weighted by molar-refractivity contribution is 0.584. The van der Waals surface area contributed by atoms with Crippen LogP contribution in [0.2, 0.25) is 10.4 Å². The van der Waals surface area contributed by atoms with Crippen molar-refractivity contribution in [2.24, 2.45) is 0 Å². The first kappa shape index (κ1) is 16.6. The number of halogens is 2. The summed E-state index contributed by atoms with van der Waals surface area (Å²) in [5.41, 5.74) is 2.93. The summed E-state index contributed by atoms with van der Waals surface area (Å²) in [6, 6.07) is 2.21. The second kappa shape index (κ2) is 6.99. The van der Waals surface area contributed by atoms with Crippen molar-refractivity contribution in [1.29, 1.82) is 0 Å². The molecular weight excluding hydrogens is 327 g/mol. The van der Waals surface area contributed by atoms with Gasteiger partial charge in [-0.05, 0) is 44.9 Å². The zero-order chi connectivity index (χ0) is 15.6. The molecule has 4 nitrogen and oxygen atoms in total. The molecule has 0 atom stereocenters. The first-order valence-electron chi connectivity index (χ1n) is 6.81. The van der Waals surface area contributed by atoms with Crippen LogP contribution < -0.4 is 0 Å². The maximum absolute atomic E-state index is 6.18. The molecule has 0 N–H and O–H groups in total. The summed E-state index contributed by atoms with van der Waals surface area (Å²) < 4.78 is 1.94. The zero-order valence-corrected chi connectivity index (χ0v) is 14.9. The van der Waals surface area contributed by atoms with E-state index in [0.717, 1.165) is 28.7 Å². The number of hydrogen-bond donors (Lipinski definition) is 0. The number of thioether (sulfide) groups is 1. The molecule has 0 spiro atoms. The third-order valence-corrected chi connectivity index (χ3v) is 4.45. The highest BCUT2D eigenvalue weighted by atomic mass is 35.5. The van der Waals surface area contributed by atoms with Crippen molar-refractivity contribution < 1.29 is 0 Å². The summed E-state index contributed by atoms with van der Waals surface area (Å²) in [5, 5.41) is 1.63. The van der Waals surface area contributed by atoms with Gasteiger partial charge in [0.25, 0.3) is 0 Å². The molecule has 0 fully saturated rings. The molecule has 2 rings (SSSR count). The lowest BCUT2D eigenvalue weighted by atomic mass is 10.3. The van der Waals surface area contributed by atoms with Gasteiger partial charge in [-0.2, -0.15) is 0 Å². The van der Waals surface area contributed by atoms with Gasteiger partial charge in [-0.15, -0.1) is 0 Å². The van der Waals surface area contributed by atoms with E-state index in [9.17, 15) is 0 Å². The van der Waals surface area contributed by atoms with Gasteiger partial charge in [-0.1, -0.05) is 30.3 Å². The smallest absolute Gasteiger partial charge is 0.204 e. The average Bonchev–Trinajstić information content (AvgIpc) is 2.70. The van der Waals surface area contributed by atoms with Gasteiger partial charge in [0.05, 0.1) is 5.69 Å². The topological polar surface area (TPSA) is 43.6 Å². The number of hydrogen-bond acceptors (Lipinski definition) is 4. The highest BCUT2D eigenvalue weighted by molar-refractivity contribution is 7.98. The normalized spacial score (nSPS) is 11.4. The highest BCUT2D eigenvalue weighted by Crippen LogP contribution is 2.30. The van der Waals surface area contributed by atoms with Gasteiger partial charge in [0, 0.05) is 23.2 Å². The molecule has 2 aromatic rings. The lowest BCUT2D eigenvalue weighted by Gasteiger charge is -2.13. The molecule has 2 heterocycles. The Hall–Kier alpha value is -0.780. The van der Waals surface area contributed by atoms with Gasteiger partial charge in [-0.3, -0.25) is 0 Å². The molecule has 0 amide bonds. The van der Waals surface area contributed by atoms with Gasteiger partial charge in [0.1, 0.15) is 0 Å². The fourth-order valence-electron chi connectivity index (χ4n) is 2.05. The summed E-state index contributed by atoms with van der Waals surface area (Å²) >= 11 is 13.9. The molecule has 0 saturated carbocycles. The van der Waals surface area contributed by atoms with Crippen LogP contribution in [0.1, 0.15) is 43.9 Å². The Morgan fingerprint density at radius 2 is 1.95 bits per heavy atom. The molecule has 0 saturated heterocycles. The van der Waals surface area contributed by atoms with Crippen LogP contribution in [0.25, 0.3) is 0 Å². The third kappa shape index (κ3) is 3.90. The standard InChI is InChI=1S/C14H18Cl2N4S/c1-5-10-6-9(4)17-14(18-10)21-7-11-12(15)19-13(16)20(11)8(2)3/h6,8H,5,7H2,1-4H3. The van der Waals surface area contributed by atoms with Crippen molar-refractivity contribution >= 4 is 35.0 Å². The van der Waals surface area contributed by atoms with Gasteiger partial charge in [0.2, 0.25) is 5.28 Å². The zero-order valence-electron chi connectivity index (χ0n) is 12.5. The van der Waals surface area contributed by atoms with Crippen LogP contribution in [-0.2, 0) is 12.2 Å². The van der Waals surface area contributed by atoms with Crippen LogP contribution in [0.4, 0.5) is 0 Å². The first-order valence-corrected chi connectivity index (χ1v) is 8.56. The van der Waals surface area contributed by atoms with Gasteiger partial charge < -0.3 is 4.57 Å². The van der Waals surface area contributed by atoms with Crippen LogP contribution in [0.3, 0.4) is 0 Å². The maximum atomic E-state index is 6.18. The summed E-state index contributed by atoms with van der Waals surface area (Å²) in [5.74, 6) is 0.642. The third-order valence-electron chi connectivity index (χ3n) is 3.02. The Morgan fingerprint density at radius 3 is 2.57 bits per heavy atom. The predicted octanol–water partition coefficient (Wildman–Crippen LogP) is 4.72. The molecule has 0 bridgehead atoms. The van der Waals surface area contributed by atoms with E-state index in [1.807, 2.05) is 17.6 Å². The van der Waals surface area contributed by atoms with Crippen molar-refractivity contribution in [2.45, 2.75) is 51.1 Å². The van der Waals surface area contributed by atoms with E-state index in [-0.39, 0.29) is 6.04 Å². The van der Waals surface area contributed by atoms with Crippen LogP contribution in [0.15, 0.2) is 11.2 Å². The molecule has 0 aliphatic carbocycles. The maximum Gasteiger partial charge on any atom is 0.204 e. The van der Waals surface area contributed by atoms with E-state index in [1.54, 1.807) is 11.8 Å². The minimum atomic E-state index is 0.206. The Balaban J connectivity index is 2.22. The molecule has 114 valence electrons. The van der Waals surface area contributed by atoms with E-state index in [4.69, 9.17) is 23.2 Å². The fourth-order valence-corrected chi connectivity index (χ4v) is 3.72. The Morgan fingerprint density at radius 1 is 1.24 bits per heavy atom. The number of nitrogens with zero attached hydrogens (tertiary/aromatic N) is 4. The molecule has 0 radical (unpaired) electrons. The Bertz CT molecular complexity index is 640. The molecule has 7 heteroatoms. The Kier molecular flexibility index (Phi) is 5.52. The molecule has 2 aromatic heterocycles. The van der Waals surface area contributed by atoms with E-state index in [0.29, 0.717) is 16.2 Å². The minimum Gasteiger partial charge on any atom is -0.314 e. The van der Waals surface area contributed by atoms with Crippen molar-refractivity contribution in [1.82, 2.24) is 19.5 Å². The minimum absolute atomic E-state index is 0.206. The molecule has 0 aromatic carbocycles. The number of aryl methyl sites for hydroxylation is 2. The summed E-state index contributed by atoms with van der Waals surface area (Å²) in [4.78, 5) is 13.1. The van der Waals surface area contributed by atoms with Crippen molar-refractivity contribution in [3.05, 3.63) is 33.6 Å². The van der Waals surface area contributed by atoms with E-state index in [2.05, 4.69) is 35.7 Å². The number of imidazole rings is 1. The van der Waals surface area contributed by atoms with E-state index >= 15 is 0 Å². The summed E-state index contributed by atoms with van der Waals surface area (Å²) in [6.07, 6.45) is 0.896. The van der Waals surface area contributed by atoms with Crippen molar-refractivity contribution in [3.63, 3.8) is 0 Å². The molecular formula is C14H18Cl2N4S. The van der Waals surface area contributed by atoms with Gasteiger partial charge in [0.15, 0.2) is 10.3 Å². The largest absolute Gasteiger partial charge is 0.314 e. The highest BCUT2D eigenvalue weighted by Gasteiger charge is 2.17. The fraction of sp³-hybridized carbons (Fsp3) is 0.500. The lowest BCUT2D eigenvalue weighted by Crippen LogP contribution is -2.05. The monoisotopic (exact) mass is 344 g/mol. The second-order valence-electron chi connectivity index (χ2n) is 5.01. The molecule has 21 heavy (non-hydrogen) atoms. The number of rotatable bonds is 5. The molecule has 0 aliphatic rings. The summed E-state index contributed by atoms with van der Waals surface area (Å²) in [7, 11) is 0. The van der Waals surface area contributed by atoms with Crippen LogP contribution in [0, 0.1) is 6.92 Å².